The average Bonchev–Trinajstić information content (AvgIpc) is 2.38. The lowest BCUT2D eigenvalue weighted by molar-refractivity contribution is 0.962. The molecule has 19 heavy (non-hydrogen) atoms. The summed E-state index contributed by atoms with van der Waals surface area (Å²) in [5.74, 6) is 1.28. The molecule has 0 aliphatic heterocycles. The van der Waals surface area contributed by atoms with E-state index in [4.69, 9.17) is 23.2 Å². The van der Waals surface area contributed by atoms with Gasteiger partial charge >= 0.3 is 0 Å². The first-order valence-corrected chi connectivity index (χ1v) is 7.53. The number of halogens is 3. The standard InChI is InChI=1S/C12H11Cl2IN4/c1-2-3-16-11-9(15)6-18-12(19-11)10-8(14)4-7(13)5-17-10/h4-6H,2-3H2,1H3,(H,16,18,19). The molecule has 7 heteroatoms. The first kappa shape index (κ1) is 14.7. The molecule has 0 bridgehead atoms. The van der Waals surface area contributed by atoms with Crippen LogP contribution in [0.15, 0.2) is 18.5 Å². The molecule has 100 valence electrons. The average molecular weight is 409 g/mol. The Morgan fingerprint density at radius 1 is 1.26 bits per heavy atom. The summed E-state index contributed by atoms with van der Waals surface area (Å²) in [6.07, 6.45) is 4.30. The van der Waals surface area contributed by atoms with E-state index in [1.807, 2.05) is 0 Å². The molecule has 0 atom stereocenters. The summed E-state index contributed by atoms with van der Waals surface area (Å²) in [6, 6.07) is 1.63. The molecular weight excluding hydrogens is 398 g/mol. The highest BCUT2D eigenvalue weighted by Crippen LogP contribution is 2.27. The molecule has 2 rings (SSSR count). The number of nitrogens with zero attached hydrogens (tertiary/aromatic N) is 3. The number of pyridine rings is 1. The van der Waals surface area contributed by atoms with Crippen molar-refractivity contribution in [1.82, 2.24) is 15.0 Å². The second-order valence-electron chi connectivity index (χ2n) is 3.80. The van der Waals surface area contributed by atoms with E-state index >= 15 is 0 Å². The maximum atomic E-state index is 6.11. The van der Waals surface area contributed by atoms with Crippen LogP contribution in [0.5, 0.6) is 0 Å². The zero-order valence-corrected chi connectivity index (χ0v) is 13.8. The van der Waals surface area contributed by atoms with Gasteiger partial charge in [0.1, 0.15) is 11.5 Å². The Labute approximate surface area is 135 Å². The summed E-state index contributed by atoms with van der Waals surface area (Å²) in [5.41, 5.74) is 0.530. The maximum Gasteiger partial charge on any atom is 0.181 e. The Balaban J connectivity index is 2.39. The predicted octanol–water partition coefficient (Wildman–Crippen LogP) is 4.27. The highest BCUT2D eigenvalue weighted by molar-refractivity contribution is 14.1. The van der Waals surface area contributed by atoms with Gasteiger partial charge < -0.3 is 5.32 Å². The molecule has 0 aliphatic carbocycles. The number of hydrogen-bond donors (Lipinski definition) is 1. The van der Waals surface area contributed by atoms with E-state index < -0.39 is 0 Å². The Hall–Kier alpha value is -0.660. The summed E-state index contributed by atoms with van der Waals surface area (Å²) < 4.78 is 0.958. The number of nitrogens with one attached hydrogen (secondary N) is 1. The first-order valence-electron chi connectivity index (χ1n) is 5.69. The zero-order valence-electron chi connectivity index (χ0n) is 10.1. The van der Waals surface area contributed by atoms with Gasteiger partial charge in [-0.2, -0.15) is 0 Å². The van der Waals surface area contributed by atoms with E-state index in [1.165, 1.54) is 6.20 Å². The van der Waals surface area contributed by atoms with Crippen molar-refractivity contribution >= 4 is 51.6 Å². The van der Waals surface area contributed by atoms with Crippen molar-refractivity contribution in [2.24, 2.45) is 0 Å². The molecule has 2 aromatic heterocycles. The van der Waals surface area contributed by atoms with Gasteiger partial charge in [-0.3, -0.25) is 0 Å². The van der Waals surface area contributed by atoms with E-state index in [-0.39, 0.29) is 0 Å². The van der Waals surface area contributed by atoms with Crippen molar-refractivity contribution in [2.75, 3.05) is 11.9 Å². The molecule has 0 amide bonds. The molecule has 0 unspecified atom stereocenters. The molecule has 2 aromatic rings. The number of aromatic nitrogens is 3. The molecule has 0 aliphatic rings. The van der Waals surface area contributed by atoms with Crippen LogP contribution >= 0.6 is 45.8 Å². The summed E-state index contributed by atoms with van der Waals surface area (Å²) in [5, 5.41) is 4.18. The van der Waals surface area contributed by atoms with E-state index in [0.717, 1.165) is 22.4 Å². The van der Waals surface area contributed by atoms with Crippen LogP contribution in [-0.2, 0) is 0 Å². The third-order valence-electron chi connectivity index (χ3n) is 2.31. The van der Waals surface area contributed by atoms with Crippen molar-refractivity contribution < 1.29 is 0 Å². The van der Waals surface area contributed by atoms with Crippen LogP contribution in [0.1, 0.15) is 13.3 Å². The topological polar surface area (TPSA) is 50.7 Å². The highest BCUT2D eigenvalue weighted by atomic mass is 127. The molecule has 0 spiro atoms. The molecule has 0 radical (unpaired) electrons. The molecular formula is C12H11Cl2IN4. The number of rotatable bonds is 4. The van der Waals surface area contributed by atoms with E-state index in [9.17, 15) is 0 Å². The second kappa shape index (κ2) is 6.67. The molecule has 0 saturated heterocycles. The highest BCUT2D eigenvalue weighted by Gasteiger charge is 2.11. The molecule has 0 aromatic carbocycles. The third kappa shape index (κ3) is 3.67. The van der Waals surface area contributed by atoms with Gasteiger partial charge in [0, 0.05) is 18.9 Å². The fraction of sp³-hybridized carbons (Fsp3) is 0.250. The summed E-state index contributed by atoms with van der Waals surface area (Å²) in [6.45, 7) is 2.95. The van der Waals surface area contributed by atoms with Crippen LogP contribution in [0.2, 0.25) is 10.0 Å². The second-order valence-corrected chi connectivity index (χ2v) is 5.81. The minimum absolute atomic E-state index is 0.440. The van der Waals surface area contributed by atoms with Gasteiger partial charge in [0.05, 0.1) is 13.6 Å². The van der Waals surface area contributed by atoms with Crippen LogP contribution < -0.4 is 5.32 Å². The zero-order chi connectivity index (χ0) is 13.8. The van der Waals surface area contributed by atoms with Gasteiger partial charge in [-0.05, 0) is 35.1 Å². The van der Waals surface area contributed by atoms with Gasteiger partial charge in [0.2, 0.25) is 0 Å². The van der Waals surface area contributed by atoms with Crippen LogP contribution in [0.4, 0.5) is 5.82 Å². The van der Waals surface area contributed by atoms with Gasteiger partial charge in [0.15, 0.2) is 5.82 Å². The summed E-state index contributed by atoms with van der Waals surface area (Å²) in [7, 11) is 0. The Bertz CT molecular complexity index is 592. The van der Waals surface area contributed by atoms with Crippen LogP contribution in [0.3, 0.4) is 0 Å². The normalized spacial score (nSPS) is 10.5. The van der Waals surface area contributed by atoms with E-state index in [1.54, 1.807) is 12.3 Å². The monoisotopic (exact) mass is 408 g/mol. The van der Waals surface area contributed by atoms with Crippen LogP contribution in [0.25, 0.3) is 11.5 Å². The van der Waals surface area contributed by atoms with Gasteiger partial charge in [-0.15, -0.1) is 0 Å². The van der Waals surface area contributed by atoms with Crippen molar-refractivity contribution in [3.63, 3.8) is 0 Å². The third-order valence-corrected chi connectivity index (χ3v) is 3.59. The summed E-state index contributed by atoms with van der Waals surface area (Å²) in [4.78, 5) is 12.9. The minimum atomic E-state index is 0.440. The van der Waals surface area contributed by atoms with Gasteiger partial charge in [0.25, 0.3) is 0 Å². The molecule has 1 N–H and O–H groups in total. The lowest BCUT2D eigenvalue weighted by Crippen LogP contribution is -2.06. The fourth-order valence-electron chi connectivity index (χ4n) is 1.43. The van der Waals surface area contributed by atoms with Crippen LogP contribution in [0, 0.1) is 3.57 Å². The lowest BCUT2D eigenvalue weighted by atomic mass is 10.3. The van der Waals surface area contributed by atoms with E-state index in [0.29, 0.717) is 21.6 Å². The predicted molar refractivity (Wildman–Crippen MR) is 86.8 cm³/mol. The molecule has 0 saturated carbocycles. The molecule has 0 fully saturated rings. The van der Waals surface area contributed by atoms with Gasteiger partial charge in [-0.25, -0.2) is 15.0 Å². The quantitative estimate of drug-likeness (QED) is 0.767. The largest absolute Gasteiger partial charge is 0.369 e. The SMILES string of the molecule is CCCNc1nc(-c2ncc(Cl)cc2Cl)ncc1I. The molecule has 4 nitrogen and oxygen atoms in total. The minimum Gasteiger partial charge on any atom is -0.369 e. The number of anilines is 1. The fourth-order valence-corrected chi connectivity index (χ4v) is 2.34. The molecule has 2 heterocycles. The van der Waals surface area contributed by atoms with Crippen molar-refractivity contribution in [2.45, 2.75) is 13.3 Å². The maximum absolute atomic E-state index is 6.11. The van der Waals surface area contributed by atoms with Crippen molar-refractivity contribution in [3.8, 4) is 11.5 Å². The smallest absolute Gasteiger partial charge is 0.181 e. The van der Waals surface area contributed by atoms with Gasteiger partial charge in [-0.1, -0.05) is 30.1 Å². The Morgan fingerprint density at radius 3 is 2.74 bits per heavy atom. The van der Waals surface area contributed by atoms with Crippen molar-refractivity contribution in [1.29, 1.82) is 0 Å². The van der Waals surface area contributed by atoms with Crippen molar-refractivity contribution in [3.05, 3.63) is 32.1 Å². The Morgan fingerprint density at radius 2 is 2.05 bits per heavy atom. The first-order chi connectivity index (χ1) is 9.11. The summed E-state index contributed by atoms with van der Waals surface area (Å²) >= 11 is 14.1. The number of hydrogen-bond acceptors (Lipinski definition) is 4. The Kier molecular flexibility index (Phi) is 5.18. The van der Waals surface area contributed by atoms with E-state index in [2.05, 4.69) is 49.8 Å². The lowest BCUT2D eigenvalue weighted by Gasteiger charge is -2.08. The van der Waals surface area contributed by atoms with Crippen LogP contribution in [-0.4, -0.2) is 21.5 Å².